The molecular weight excluding hydrogens is 244 g/mol. The molecule has 1 unspecified atom stereocenters. The third kappa shape index (κ3) is 2.86. The lowest BCUT2D eigenvalue weighted by molar-refractivity contribution is 0.00820. The molecule has 2 heterocycles. The number of methoxy groups -OCH3 is 1. The van der Waals surface area contributed by atoms with Gasteiger partial charge in [-0.15, -0.1) is 0 Å². The van der Waals surface area contributed by atoms with Crippen molar-refractivity contribution < 1.29 is 9.47 Å². The fourth-order valence-electron chi connectivity index (χ4n) is 2.33. The Balaban J connectivity index is 2.47. The zero-order valence-electron chi connectivity index (χ0n) is 12.0. The molecule has 0 amide bonds. The van der Waals surface area contributed by atoms with E-state index in [1.807, 2.05) is 0 Å². The largest absolute Gasteiger partial charge is 0.376 e. The van der Waals surface area contributed by atoms with Gasteiger partial charge in [-0.25, -0.2) is 15.8 Å². The molecule has 3 N–H and O–H groups in total. The molecule has 0 bridgehead atoms. The predicted molar refractivity (Wildman–Crippen MR) is 72.4 cm³/mol. The van der Waals surface area contributed by atoms with Crippen molar-refractivity contribution in [3.05, 3.63) is 17.1 Å². The second-order valence-electron chi connectivity index (χ2n) is 5.78. The standard InChI is InChI=1S/C13H22N4O2/c1-13(2,3)10(18-4)12-15-9-5-6-19-7-8(9)11(16-12)17-14/h10H,5-7,14H2,1-4H3,(H,15,16,17). The molecule has 106 valence electrons. The van der Waals surface area contributed by atoms with Gasteiger partial charge in [0.2, 0.25) is 0 Å². The summed E-state index contributed by atoms with van der Waals surface area (Å²) in [7, 11) is 1.68. The molecule has 0 spiro atoms. The van der Waals surface area contributed by atoms with Crippen molar-refractivity contribution in [1.82, 2.24) is 9.97 Å². The summed E-state index contributed by atoms with van der Waals surface area (Å²) in [5.74, 6) is 6.86. The number of nitrogen functional groups attached to an aromatic ring is 1. The highest BCUT2D eigenvalue weighted by molar-refractivity contribution is 5.46. The Morgan fingerprint density at radius 3 is 2.68 bits per heavy atom. The Hall–Kier alpha value is -1.24. The van der Waals surface area contributed by atoms with E-state index in [0.717, 1.165) is 17.7 Å². The van der Waals surface area contributed by atoms with Gasteiger partial charge in [-0.1, -0.05) is 20.8 Å². The molecule has 1 atom stereocenters. The van der Waals surface area contributed by atoms with Crippen LogP contribution in [0.2, 0.25) is 0 Å². The molecule has 1 aliphatic rings. The summed E-state index contributed by atoms with van der Waals surface area (Å²) >= 11 is 0. The summed E-state index contributed by atoms with van der Waals surface area (Å²) in [5, 5.41) is 0. The van der Waals surface area contributed by atoms with Gasteiger partial charge in [0.25, 0.3) is 0 Å². The fraction of sp³-hybridized carbons (Fsp3) is 0.692. The van der Waals surface area contributed by atoms with Crippen molar-refractivity contribution >= 4 is 5.82 Å². The summed E-state index contributed by atoms with van der Waals surface area (Å²) in [6.45, 7) is 7.48. The Labute approximate surface area is 113 Å². The Morgan fingerprint density at radius 1 is 1.37 bits per heavy atom. The fourth-order valence-corrected chi connectivity index (χ4v) is 2.33. The quantitative estimate of drug-likeness (QED) is 0.638. The van der Waals surface area contributed by atoms with E-state index < -0.39 is 0 Å². The Kier molecular flexibility index (Phi) is 4.03. The van der Waals surface area contributed by atoms with Gasteiger partial charge in [-0.05, 0) is 5.41 Å². The molecule has 0 radical (unpaired) electrons. The third-order valence-corrected chi connectivity index (χ3v) is 3.23. The van der Waals surface area contributed by atoms with Gasteiger partial charge >= 0.3 is 0 Å². The topological polar surface area (TPSA) is 82.3 Å². The van der Waals surface area contributed by atoms with Crippen molar-refractivity contribution in [2.75, 3.05) is 19.1 Å². The second-order valence-corrected chi connectivity index (χ2v) is 5.78. The maximum Gasteiger partial charge on any atom is 0.160 e. The van der Waals surface area contributed by atoms with Crippen LogP contribution in [0.5, 0.6) is 0 Å². The molecular formula is C13H22N4O2. The number of hydrogen-bond acceptors (Lipinski definition) is 6. The first-order valence-electron chi connectivity index (χ1n) is 6.44. The lowest BCUT2D eigenvalue weighted by Crippen LogP contribution is -2.26. The van der Waals surface area contributed by atoms with Crippen LogP contribution >= 0.6 is 0 Å². The number of nitrogens with two attached hydrogens (primary N) is 1. The molecule has 1 aromatic rings. The zero-order chi connectivity index (χ0) is 14.0. The molecule has 6 nitrogen and oxygen atoms in total. The minimum atomic E-state index is -0.173. The van der Waals surface area contributed by atoms with E-state index in [9.17, 15) is 0 Å². The van der Waals surface area contributed by atoms with Crippen LogP contribution in [-0.2, 0) is 22.5 Å². The number of nitrogens with zero attached hydrogens (tertiary/aromatic N) is 2. The van der Waals surface area contributed by atoms with Crippen LogP contribution in [0.15, 0.2) is 0 Å². The van der Waals surface area contributed by atoms with Gasteiger partial charge in [-0.3, -0.25) is 0 Å². The molecule has 0 aliphatic carbocycles. The smallest absolute Gasteiger partial charge is 0.160 e. The van der Waals surface area contributed by atoms with E-state index in [1.165, 1.54) is 0 Å². The van der Waals surface area contributed by atoms with E-state index in [2.05, 4.69) is 36.2 Å². The molecule has 0 saturated heterocycles. The number of hydrazine groups is 1. The third-order valence-electron chi connectivity index (χ3n) is 3.23. The first-order valence-corrected chi connectivity index (χ1v) is 6.44. The van der Waals surface area contributed by atoms with E-state index in [-0.39, 0.29) is 11.5 Å². The van der Waals surface area contributed by atoms with Crippen molar-refractivity contribution in [2.45, 2.75) is 39.9 Å². The van der Waals surface area contributed by atoms with Crippen molar-refractivity contribution in [1.29, 1.82) is 0 Å². The summed E-state index contributed by atoms with van der Waals surface area (Å²) in [6, 6.07) is 0. The highest BCUT2D eigenvalue weighted by Crippen LogP contribution is 2.35. The highest BCUT2D eigenvalue weighted by Gasteiger charge is 2.30. The van der Waals surface area contributed by atoms with Gasteiger partial charge < -0.3 is 14.9 Å². The molecule has 6 heteroatoms. The van der Waals surface area contributed by atoms with Gasteiger partial charge in [0.05, 0.1) is 18.9 Å². The van der Waals surface area contributed by atoms with Crippen LogP contribution in [0.4, 0.5) is 5.82 Å². The molecule has 0 aromatic carbocycles. The number of rotatable bonds is 3. The number of ether oxygens (including phenoxy) is 2. The van der Waals surface area contributed by atoms with Gasteiger partial charge in [-0.2, -0.15) is 0 Å². The Bertz CT molecular complexity index is 439. The van der Waals surface area contributed by atoms with Gasteiger partial charge in [0.1, 0.15) is 11.9 Å². The minimum Gasteiger partial charge on any atom is -0.376 e. The summed E-state index contributed by atoms with van der Waals surface area (Å²) in [5.41, 5.74) is 4.50. The SMILES string of the molecule is COC(c1nc2c(c(NN)n1)COCC2)C(C)(C)C. The molecule has 2 rings (SSSR count). The van der Waals surface area contributed by atoms with Crippen molar-refractivity contribution in [3.63, 3.8) is 0 Å². The van der Waals surface area contributed by atoms with Crippen LogP contribution in [0.3, 0.4) is 0 Å². The maximum absolute atomic E-state index is 5.57. The monoisotopic (exact) mass is 266 g/mol. The first-order chi connectivity index (χ1) is 8.97. The predicted octanol–water partition coefficient (Wildman–Crippen LogP) is 1.57. The lowest BCUT2D eigenvalue weighted by Gasteiger charge is -2.29. The van der Waals surface area contributed by atoms with Crippen LogP contribution in [0, 0.1) is 5.41 Å². The molecule has 19 heavy (non-hydrogen) atoms. The molecule has 1 aromatic heterocycles. The first kappa shape index (κ1) is 14.2. The normalized spacial score (nSPS) is 16.9. The molecule has 0 saturated carbocycles. The average Bonchev–Trinajstić information content (AvgIpc) is 2.37. The number of fused-ring (bicyclic) bond motifs is 1. The van der Waals surface area contributed by atoms with Gasteiger partial charge in [0, 0.05) is 19.1 Å². The van der Waals surface area contributed by atoms with Crippen molar-refractivity contribution in [2.24, 2.45) is 11.3 Å². The summed E-state index contributed by atoms with van der Waals surface area (Å²) in [4.78, 5) is 9.14. The molecule has 1 aliphatic heterocycles. The van der Waals surface area contributed by atoms with E-state index in [1.54, 1.807) is 7.11 Å². The van der Waals surface area contributed by atoms with E-state index in [4.69, 9.17) is 15.3 Å². The maximum atomic E-state index is 5.57. The second kappa shape index (κ2) is 5.40. The van der Waals surface area contributed by atoms with Gasteiger partial charge in [0.15, 0.2) is 5.82 Å². The summed E-state index contributed by atoms with van der Waals surface area (Å²) < 4.78 is 11.0. The van der Waals surface area contributed by atoms with E-state index in [0.29, 0.717) is 24.9 Å². The number of anilines is 1. The van der Waals surface area contributed by atoms with Crippen molar-refractivity contribution in [3.8, 4) is 0 Å². The summed E-state index contributed by atoms with van der Waals surface area (Å²) in [6.07, 6.45) is 0.605. The van der Waals surface area contributed by atoms with Crippen LogP contribution in [0.1, 0.15) is 44.0 Å². The Morgan fingerprint density at radius 2 is 2.11 bits per heavy atom. The number of hydrogen-bond donors (Lipinski definition) is 2. The minimum absolute atomic E-state index is 0.0833. The average molecular weight is 266 g/mol. The highest BCUT2D eigenvalue weighted by atomic mass is 16.5. The lowest BCUT2D eigenvalue weighted by atomic mass is 9.88. The number of aromatic nitrogens is 2. The van der Waals surface area contributed by atoms with Crippen LogP contribution < -0.4 is 11.3 Å². The number of nitrogens with one attached hydrogen (secondary N) is 1. The molecule has 0 fully saturated rings. The van der Waals surface area contributed by atoms with Crippen LogP contribution in [0.25, 0.3) is 0 Å². The van der Waals surface area contributed by atoms with E-state index >= 15 is 0 Å². The zero-order valence-corrected chi connectivity index (χ0v) is 12.0. The van der Waals surface area contributed by atoms with Crippen LogP contribution in [-0.4, -0.2) is 23.7 Å².